The van der Waals surface area contributed by atoms with Crippen LogP contribution in [-0.4, -0.2) is 18.0 Å². The van der Waals surface area contributed by atoms with Gasteiger partial charge < -0.3 is 9.47 Å². The van der Waals surface area contributed by atoms with Gasteiger partial charge in [-0.2, -0.15) is 0 Å². The molecule has 2 heteroatoms. The van der Waals surface area contributed by atoms with E-state index in [4.69, 9.17) is 9.47 Å². The first kappa shape index (κ1) is 42.3. The predicted octanol–water partition coefficient (Wildman–Crippen LogP) is 15.5. The van der Waals surface area contributed by atoms with Gasteiger partial charge in [0.2, 0.25) is 0 Å². The van der Waals surface area contributed by atoms with E-state index < -0.39 is 0 Å². The summed E-state index contributed by atoms with van der Waals surface area (Å²) >= 11 is 0. The molecule has 3 rings (SSSR count). The number of allylic oxidation sites excluding steroid dienone is 8. The Labute approximate surface area is 306 Å². The minimum Gasteiger partial charge on any atom is -0.344 e. The molecule has 1 spiro atoms. The molecule has 0 N–H and O–H groups in total. The van der Waals surface area contributed by atoms with E-state index in [1.165, 1.54) is 180 Å². The molecule has 0 unspecified atom stereocenters. The van der Waals surface area contributed by atoms with Gasteiger partial charge in [0.05, 0.1) is 12.2 Å². The molecule has 0 radical (unpaired) electrons. The molecule has 0 aromatic carbocycles. The maximum atomic E-state index is 6.78. The van der Waals surface area contributed by atoms with Crippen LogP contribution in [0.2, 0.25) is 0 Å². The highest BCUT2D eigenvalue weighted by molar-refractivity contribution is 5.01. The lowest BCUT2D eigenvalue weighted by molar-refractivity contribution is -0.182. The van der Waals surface area contributed by atoms with Gasteiger partial charge in [0.25, 0.3) is 0 Å². The summed E-state index contributed by atoms with van der Waals surface area (Å²) in [5.41, 5.74) is 0.453. The van der Waals surface area contributed by atoms with Crippen molar-refractivity contribution in [3.05, 3.63) is 48.6 Å². The molecule has 2 aliphatic carbocycles. The van der Waals surface area contributed by atoms with Crippen LogP contribution in [0.3, 0.4) is 0 Å². The molecule has 1 aliphatic heterocycles. The Morgan fingerprint density at radius 3 is 1.29 bits per heavy atom. The molecule has 1 heterocycles. The Bertz CT molecular complexity index is 849. The van der Waals surface area contributed by atoms with Crippen molar-refractivity contribution in [1.82, 2.24) is 0 Å². The average molecular weight is 679 g/mol. The highest BCUT2D eigenvalue weighted by Crippen LogP contribution is 2.57. The van der Waals surface area contributed by atoms with E-state index in [2.05, 4.69) is 69.4 Å². The summed E-state index contributed by atoms with van der Waals surface area (Å²) in [5.74, 6) is 0.515. The normalized spacial score (nSPS) is 22.0. The van der Waals surface area contributed by atoms with E-state index >= 15 is 0 Å². The molecule has 0 aromatic heterocycles. The molecule has 2 nitrogen and oxygen atoms in total. The van der Waals surface area contributed by atoms with Gasteiger partial charge in [-0.3, -0.25) is 0 Å². The maximum Gasteiger partial charge on any atom is 0.169 e. The van der Waals surface area contributed by atoms with E-state index in [1.807, 2.05) is 0 Å². The Morgan fingerprint density at radius 2 is 0.857 bits per heavy atom. The highest BCUT2D eigenvalue weighted by Gasteiger charge is 2.57. The molecule has 0 aromatic rings. The second kappa shape index (κ2) is 26.6. The van der Waals surface area contributed by atoms with E-state index in [-0.39, 0.29) is 5.79 Å². The lowest BCUT2D eigenvalue weighted by atomic mass is 9.76. The number of fused-ring (bicyclic) bond motifs is 1. The fourth-order valence-electron chi connectivity index (χ4n) is 8.95. The third-order valence-corrected chi connectivity index (χ3v) is 11.9. The van der Waals surface area contributed by atoms with E-state index in [1.54, 1.807) is 0 Å². The van der Waals surface area contributed by atoms with Gasteiger partial charge in [0, 0.05) is 12.8 Å². The predicted molar refractivity (Wildman–Crippen MR) is 215 cm³/mol. The molecule has 282 valence electrons. The quantitative estimate of drug-likeness (QED) is 0.0556. The van der Waals surface area contributed by atoms with E-state index in [0.717, 1.165) is 25.2 Å². The molecule has 2 saturated carbocycles. The van der Waals surface area contributed by atoms with Crippen molar-refractivity contribution in [2.75, 3.05) is 0 Å². The van der Waals surface area contributed by atoms with Crippen molar-refractivity contribution in [1.29, 1.82) is 0 Å². The maximum absolute atomic E-state index is 6.78. The van der Waals surface area contributed by atoms with Crippen LogP contribution in [0.1, 0.15) is 220 Å². The van der Waals surface area contributed by atoms with Crippen LogP contribution < -0.4 is 0 Å². The summed E-state index contributed by atoms with van der Waals surface area (Å²) in [6, 6.07) is 0. The van der Waals surface area contributed by atoms with Gasteiger partial charge >= 0.3 is 0 Å². The van der Waals surface area contributed by atoms with Crippen LogP contribution in [0.25, 0.3) is 0 Å². The largest absolute Gasteiger partial charge is 0.344 e. The van der Waals surface area contributed by atoms with Crippen LogP contribution in [0.15, 0.2) is 48.6 Å². The first-order chi connectivity index (χ1) is 24.1. The Morgan fingerprint density at radius 1 is 0.469 bits per heavy atom. The van der Waals surface area contributed by atoms with Crippen molar-refractivity contribution >= 4 is 0 Å². The first-order valence-electron chi connectivity index (χ1n) is 22.1. The van der Waals surface area contributed by atoms with E-state index in [9.17, 15) is 0 Å². The second-order valence-electron chi connectivity index (χ2n) is 16.6. The van der Waals surface area contributed by atoms with Gasteiger partial charge in [-0.15, -0.1) is 0 Å². The molecule has 0 amide bonds. The second-order valence-corrected chi connectivity index (χ2v) is 16.6. The van der Waals surface area contributed by atoms with Gasteiger partial charge in [-0.05, 0) is 108 Å². The summed E-state index contributed by atoms with van der Waals surface area (Å²) in [4.78, 5) is 0. The Hall–Kier alpha value is -1.12. The van der Waals surface area contributed by atoms with Gasteiger partial charge in [-0.1, -0.05) is 159 Å². The van der Waals surface area contributed by atoms with Crippen molar-refractivity contribution in [3.63, 3.8) is 0 Å². The molecular formula is C47H82O2. The fourth-order valence-corrected chi connectivity index (χ4v) is 8.95. The summed E-state index contributed by atoms with van der Waals surface area (Å²) in [7, 11) is 0. The molecule has 3 aliphatic rings. The lowest BCUT2D eigenvalue weighted by Crippen LogP contribution is -2.31. The summed E-state index contributed by atoms with van der Waals surface area (Å²) in [6.07, 6.45) is 60.5. The fraction of sp³-hybridized carbons (Fsp3) is 0.830. The van der Waals surface area contributed by atoms with Crippen LogP contribution in [0.5, 0.6) is 0 Å². The number of hydrogen-bond acceptors (Lipinski definition) is 2. The zero-order chi connectivity index (χ0) is 34.7. The number of unbranched alkanes of at least 4 members (excludes halogenated alkanes) is 18. The molecule has 2 atom stereocenters. The topological polar surface area (TPSA) is 18.5 Å². The standard InChI is InChI=1S/C47H82O2/c1-4-6-8-10-12-14-16-18-20-22-24-26-28-30-32-34-36-46(38-39-47(42-46)48-44-40-43(3)41-45(44)49-47)37-35-33-31-29-27-25-23-21-19-17-15-13-11-9-7-5-2/h12-15,18-21,43-45H,4-11,16-17,22-42H2,1-3H3/b14-12-,15-13-,20-18-,21-19-/t43?,44-,45-,47?/m0/s1. The number of ether oxygens (including phenoxy) is 2. The molecule has 0 bridgehead atoms. The van der Waals surface area contributed by atoms with Crippen molar-refractivity contribution in [2.45, 2.75) is 238 Å². The van der Waals surface area contributed by atoms with Crippen LogP contribution in [0.4, 0.5) is 0 Å². The van der Waals surface area contributed by atoms with Gasteiger partial charge in [0.1, 0.15) is 0 Å². The highest BCUT2D eigenvalue weighted by atomic mass is 16.8. The summed E-state index contributed by atoms with van der Waals surface area (Å²) in [5, 5.41) is 0. The van der Waals surface area contributed by atoms with Gasteiger partial charge in [-0.25, -0.2) is 0 Å². The summed E-state index contributed by atoms with van der Waals surface area (Å²) in [6.45, 7) is 6.92. The minimum atomic E-state index is -0.244. The van der Waals surface area contributed by atoms with Gasteiger partial charge in [0.15, 0.2) is 5.79 Å². The smallest absolute Gasteiger partial charge is 0.169 e. The lowest BCUT2D eigenvalue weighted by Gasteiger charge is -2.32. The van der Waals surface area contributed by atoms with E-state index in [0.29, 0.717) is 17.6 Å². The Kier molecular flexibility index (Phi) is 23.0. The minimum absolute atomic E-state index is 0.244. The number of rotatable bonds is 30. The zero-order valence-corrected chi connectivity index (χ0v) is 33.1. The monoisotopic (exact) mass is 679 g/mol. The first-order valence-corrected chi connectivity index (χ1v) is 22.1. The summed E-state index contributed by atoms with van der Waals surface area (Å²) < 4.78 is 13.6. The molecular weight excluding hydrogens is 597 g/mol. The third-order valence-electron chi connectivity index (χ3n) is 11.9. The molecule has 3 fully saturated rings. The van der Waals surface area contributed by atoms with Crippen molar-refractivity contribution in [3.8, 4) is 0 Å². The van der Waals surface area contributed by atoms with Crippen molar-refractivity contribution in [2.24, 2.45) is 11.3 Å². The Balaban J connectivity index is 1.26. The number of hydrogen-bond donors (Lipinski definition) is 0. The molecule has 1 saturated heterocycles. The van der Waals surface area contributed by atoms with Crippen molar-refractivity contribution < 1.29 is 9.47 Å². The van der Waals surface area contributed by atoms with Crippen LogP contribution >= 0.6 is 0 Å². The molecule has 49 heavy (non-hydrogen) atoms. The van der Waals surface area contributed by atoms with Crippen LogP contribution in [-0.2, 0) is 9.47 Å². The average Bonchev–Trinajstić information content (AvgIpc) is 3.73. The van der Waals surface area contributed by atoms with Crippen LogP contribution in [0, 0.1) is 11.3 Å². The third kappa shape index (κ3) is 18.3. The SMILES string of the molecule is CCCCC/C=C\C/C=C\CCCCCCCCC1(CCCCCCCC/C=C\C/C=C\CCCCC)CCC2(C1)O[C@H]1CC(C)C[C@@H]1O2. The zero-order valence-electron chi connectivity index (χ0n) is 33.1.